The minimum Gasteiger partial charge on any atom is -0.457 e. The third-order valence-corrected chi connectivity index (χ3v) is 8.86. The third-order valence-electron chi connectivity index (χ3n) is 8.86. The molecule has 5 heteroatoms. The molecule has 2 aliphatic rings. The molecule has 41 heavy (non-hydrogen) atoms. The average molecular weight is 530 g/mol. The molecule has 0 bridgehead atoms. The molecule has 0 aliphatic carbocycles. The van der Waals surface area contributed by atoms with Crippen molar-refractivity contribution in [3.05, 3.63) is 120 Å². The average Bonchev–Trinajstić information content (AvgIpc) is 3.46. The van der Waals surface area contributed by atoms with Gasteiger partial charge in [-0.15, -0.1) is 0 Å². The first-order chi connectivity index (χ1) is 20.1. The molecule has 4 heterocycles. The number of aromatic nitrogens is 2. The van der Waals surface area contributed by atoms with Gasteiger partial charge in [0.15, 0.2) is 0 Å². The summed E-state index contributed by atoms with van der Waals surface area (Å²) < 4.78 is 25.6. The van der Waals surface area contributed by atoms with E-state index in [1.165, 1.54) is 45.7 Å². The topological polar surface area (TPSA) is 19.1 Å². The molecule has 0 unspecified atom stereocenters. The minimum atomic E-state index is -0.198. The number of para-hydroxylation sites is 3. The molecule has 7 aromatic rings. The van der Waals surface area contributed by atoms with E-state index in [1.54, 1.807) is 6.08 Å². The predicted octanol–water partition coefficient (Wildman–Crippen LogP) is 7.30. The van der Waals surface area contributed by atoms with E-state index in [2.05, 4.69) is 88.9 Å². The van der Waals surface area contributed by atoms with Crippen LogP contribution in [0.2, 0.25) is 0 Å². The number of fused-ring (bicyclic) bond motifs is 9. The van der Waals surface area contributed by atoms with E-state index >= 15 is 0 Å². The van der Waals surface area contributed by atoms with Gasteiger partial charge in [0.1, 0.15) is 11.5 Å². The van der Waals surface area contributed by atoms with Gasteiger partial charge in [0, 0.05) is 38.8 Å². The maximum Gasteiger partial charge on any atom is 0.252 e. The van der Waals surface area contributed by atoms with Crippen LogP contribution in [0.3, 0.4) is 0 Å². The zero-order valence-corrected chi connectivity index (χ0v) is 22.7. The molecule has 0 N–H and O–H groups in total. The molecule has 0 saturated carbocycles. The van der Waals surface area contributed by atoms with Crippen LogP contribution < -0.4 is 21.1 Å². The summed E-state index contributed by atoms with van der Waals surface area (Å²) in [6.45, 7) is 3.71. The van der Waals surface area contributed by atoms with Gasteiger partial charge in [0.25, 0.3) is 6.71 Å². The number of rotatable bonds is 3. The van der Waals surface area contributed by atoms with E-state index in [0.29, 0.717) is 0 Å². The number of hydrogen-bond acceptors (Lipinski definition) is 1. The van der Waals surface area contributed by atoms with Gasteiger partial charge in [-0.25, -0.2) is 4.39 Å². The molecule has 9 rings (SSSR count). The summed E-state index contributed by atoms with van der Waals surface area (Å²) in [6, 6.07) is 36.0. The number of nitrogens with zero attached hydrogens (tertiary/aromatic N) is 2. The van der Waals surface area contributed by atoms with Crippen LogP contribution in [0.5, 0.6) is 11.5 Å². The zero-order valence-electron chi connectivity index (χ0n) is 22.7. The molecule has 0 fully saturated rings. The lowest BCUT2D eigenvalue weighted by atomic mass is 9.34. The smallest absolute Gasteiger partial charge is 0.252 e. The maximum atomic E-state index is 14.6. The van der Waals surface area contributed by atoms with Crippen LogP contribution in [-0.2, 0) is 0 Å². The Morgan fingerprint density at radius 3 is 2.10 bits per heavy atom. The van der Waals surface area contributed by atoms with Crippen LogP contribution >= 0.6 is 0 Å². The van der Waals surface area contributed by atoms with Gasteiger partial charge < -0.3 is 13.9 Å². The Bertz CT molecular complexity index is 2270. The van der Waals surface area contributed by atoms with Crippen LogP contribution in [0.25, 0.3) is 50.2 Å². The summed E-state index contributed by atoms with van der Waals surface area (Å²) in [5.74, 6) is 1.40. The molecule has 0 amide bonds. The predicted molar refractivity (Wildman–Crippen MR) is 168 cm³/mol. The monoisotopic (exact) mass is 530 g/mol. The molecule has 0 atom stereocenters. The Labute approximate surface area is 236 Å². The van der Waals surface area contributed by atoms with E-state index in [4.69, 9.17) is 4.74 Å². The Morgan fingerprint density at radius 2 is 1.37 bits per heavy atom. The Morgan fingerprint density at radius 1 is 0.707 bits per heavy atom. The molecule has 2 aliphatic heterocycles. The normalized spacial score (nSPS) is 13.3. The first kappa shape index (κ1) is 22.8. The highest BCUT2D eigenvalue weighted by Crippen LogP contribution is 2.42. The van der Waals surface area contributed by atoms with Crippen LogP contribution in [0.1, 0.15) is 18.2 Å². The number of halogens is 1. The van der Waals surface area contributed by atoms with E-state index < -0.39 is 0 Å². The van der Waals surface area contributed by atoms with E-state index in [1.807, 2.05) is 30.3 Å². The molecule has 2 aromatic heterocycles. The number of benzene rings is 5. The maximum absolute atomic E-state index is 14.6. The van der Waals surface area contributed by atoms with Gasteiger partial charge >= 0.3 is 0 Å². The molecule has 0 spiro atoms. The summed E-state index contributed by atoms with van der Waals surface area (Å²) >= 11 is 0. The number of hydrogen-bond donors (Lipinski definition) is 0. The van der Waals surface area contributed by atoms with Crippen molar-refractivity contribution >= 4 is 61.9 Å². The van der Waals surface area contributed by atoms with Gasteiger partial charge in [-0.2, -0.15) is 0 Å². The van der Waals surface area contributed by atoms with E-state index in [9.17, 15) is 4.39 Å². The minimum absolute atomic E-state index is 0.0792. The fourth-order valence-electron chi connectivity index (χ4n) is 7.35. The lowest BCUT2D eigenvalue weighted by molar-refractivity contribution is 0.483. The lowest BCUT2D eigenvalue weighted by Gasteiger charge is -2.33. The quantitative estimate of drug-likeness (QED) is 0.220. The summed E-state index contributed by atoms with van der Waals surface area (Å²) in [6.07, 6.45) is 1.69. The van der Waals surface area contributed by atoms with Crippen molar-refractivity contribution in [3.63, 3.8) is 0 Å². The van der Waals surface area contributed by atoms with Crippen molar-refractivity contribution in [2.75, 3.05) is 0 Å². The molecule has 3 nitrogen and oxygen atoms in total. The van der Waals surface area contributed by atoms with E-state index in [0.717, 1.165) is 44.4 Å². The molecule has 5 aromatic carbocycles. The SMILES string of the molecule is C/C(F)=C\c1c(C)n2c3c4c5c(cc13)c1cc(Oc3ccccc3)ccc1n5-c1ccccc1B4c1ccccc1-2. The summed E-state index contributed by atoms with van der Waals surface area (Å²) in [5.41, 5.74) is 11.7. The van der Waals surface area contributed by atoms with E-state index in [-0.39, 0.29) is 12.5 Å². The Hall–Kier alpha value is -5.03. The van der Waals surface area contributed by atoms with Crippen molar-refractivity contribution in [3.8, 4) is 22.9 Å². The fraction of sp³-hybridized carbons (Fsp3) is 0.0556. The zero-order chi connectivity index (χ0) is 27.4. The highest BCUT2D eigenvalue weighted by atomic mass is 19.1. The van der Waals surface area contributed by atoms with Gasteiger partial charge in [-0.1, -0.05) is 54.6 Å². The summed E-state index contributed by atoms with van der Waals surface area (Å²) in [5, 5.41) is 3.36. The van der Waals surface area contributed by atoms with Crippen molar-refractivity contribution in [2.45, 2.75) is 13.8 Å². The van der Waals surface area contributed by atoms with Crippen molar-refractivity contribution in [1.82, 2.24) is 9.13 Å². The molecule has 0 radical (unpaired) electrons. The van der Waals surface area contributed by atoms with Crippen LogP contribution in [0.15, 0.2) is 109 Å². The van der Waals surface area contributed by atoms with Crippen molar-refractivity contribution < 1.29 is 9.13 Å². The van der Waals surface area contributed by atoms with Crippen molar-refractivity contribution in [1.29, 1.82) is 0 Å². The Balaban J connectivity index is 1.49. The highest BCUT2D eigenvalue weighted by molar-refractivity contribution is 7.00. The second-order valence-corrected chi connectivity index (χ2v) is 11.1. The Kier molecular flexibility index (Phi) is 4.45. The van der Waals surface area contributed by atoms with Gasteiger partial charge in [-0.3, -0.25) is 0 Å². The first-order valence-electron chi connectivity index (χ1n) is 14.0. The van der Waals surface area contributed by atoms with Gasteiger partial charge in [0.2, 0.25) is 0 Å². The molecular weight excluding hydrogens is 506 g/mol. The second kappa shape index (κ2) is 8.01. The van der Waals surface area contributed by atoms with Crippen LogP contribution in [0, 0.1) is 6.92 Å². The molecule has 194 valence electrons. The lowest BCUT2D eigenvalue weighted by Crippen LogP contribution is -2.59. The van der Waals surface area contributed by atoms with Gasteiger partial charge in [-0.05, 0) is 84.8 Å². The van der Waals surface area contributed by atoms with Crippen molar-refractivity contribution in [2.24, 2.45) is 0 Å². The second-order valence-electron chi connectivity index (χ2n) is 11.1. The van der Waals surface area contributed by atoms with Crippen LogP contribution in [0.4, 0.5) is 4.39 Å². The largest absolute Gasteiger partial charge is 0.457 e. The first-order valence-corrected chi connectivity index (χ1v) is 14.0. The third kappa shape index (κ3) is 2.93. The molecule has 0 saturated heterocycles. The molecular formula is C36H24BFN2O. The highest BCUT2D eigenvalue weighted by Gasteiger charge is 2.41. The number of allylic oxidation sites excluding steroid dienone is 1. The summed E-state index contributed by atoms with van der Waals surface area (Å²) in [4.78, 5) is 0. The van der Waals surface area contributed by atoms with Gasteiger partial charge in [0.05, 0.1) is 22.4 Å². The van der Waals surface area contributed by atoms with Crippen LogP contribution in [-0.4, -0.2) is 15.8 Å². The standard InChI is InChI=1S/C36H24BFN2O/c1-21(38)18-25-22(2)39-32-14-8-6-12-29(32)37-30-13-7-9-15-33(30)40-31-17-16-24(41-23-10-4-3-5-11-23)19-26(31)28-20-27(25)35(39)34(37)36(28)40/h3-20H,1-2H3/b21-18+. The fourth-order valence-corrected chi connectivity index (χ4v) is 7.35. The number of ether oxygens (including phenoxy) is 1. The summed E-state index contributed by atoms with van der Waals surface area (Å²) in [7, 11) is 0.